The van der Waals surface area contributed by atoms with Gasteiger partial charge in [0.1, 0.15) is 18.5 Å². The topological polar surface area (TPSA) is 69.4 Å². The first-order valence-corrected chi connectivity index (χ1v) is 15.4. The molecule has 0 spiro atoms. The molecule has 1 saturated carbocycles. The summed E-state index contributed by atoms with van der Waals surface area (Å²) in [6.45, 7) is 19.5. The minimum absolute atomic E-state index is 0.128. The Labute approximate surface area is 254 Å². The van der Waals surface area contributed by atoms with Crippen LogP contribution in [0.3, 0.4) is 0 Å². The first-order valence-electron chi connectivity index (χ1n) is 15.4. The molecule has 2 aliphatic heterocycles. The molecule has 9 nitrogen and oxygen atoms in total. The largest absolute Gasteiger partial charge is 0.462 e. The molecule has 9 heteroatoms. The van der Waals surface area contributed by atoms with E-state index in [0.29, 0.717) is 44.8 Å². The Morgan fingerprint density at radius 1 is 1.19 bits per heavy atom. The number of fused-ring (bicyclic) bond motifs is 2. The standard InChI is InChI=1S/C34H41N7O2/c1-6-31(42)41-18-17-40(20-27(41)19-35-4)33-28-15-16-39(30-12-8-11-25-10-7-9-23(2)32(25)30)21-29(28)36-34(37-33)43-22-24(3)38(5)26-13-14-26/h6-12,24,26-27H,1,13-22H2,2-3,5H3/t24-,27?/m0/s1. The summed E-state index contributed by atoms with van der Waals surface area (Å²) in [6, 6.07) is 14.0. The highest BCUT2D eigenvalue weighted by Gasteiger charge is 2.35. The van der Waals surface area contributed by atoms with Crippen molar-refractivity contribution in [2.75, 3.05) is 56.2 Å². The third-order valence-electron chi connectivity index (χ3n) is 9.27. The maximum atomic E-state index is 12.6. The number of piperazine rings is 1. The first-order chi connectivity index (χ1) is 20.9. The SMILES string of the molecule is [C-]#[N+]CC1CN(c2nc(OC[C@H](C)N(C)C3CC3)nc3c2CCN(c2cccc4cccc(C)c24)C3)CCN1C(=O)C=C. The van der Waals surface area contributed by atoms with E-state index in [2.05, 4.69) is 83.4 Å². The highest BCUT2D eigenvalue weighted by atomic mass is 16.5. The molecule has 0 radical (unpaired) electrons. The number of hydrogen-bond donors (Lipinski definition) is 0. The fourth-order valence-electron chi connectivity index (χ4n) is 6.56. The van der Waals surface area contributed by atoms with Gasteiger partial charge in [-0.15, -0.1) is 0 Å². The number of ether oxygens (including phenoxy) is 1. The first kappa shape index (κ1) is 28.9. The van der Waals surface area contributed by atoms with Gasteiger partial charge >= 0.3 is 6.01 Å². The van der Waals surface area contributed by atoms with E-state index < -0.39 is 0 Å². The van der Waals surface area contributed by atoms with Crippen molar-refractivity contribution in [2.24, 2.45) is 0 Å². The number of benzene rings is 2. The predicted molar refractivity (Wildman–Crippen MR) is 171 cm³/mol. The van der Waals surface area contributed by atoms with Crippen LogP contribution in [0.15, 0.2) is 49.1 Å². The van der Waals surface area contributed by atoms with Gasteiger partial charge in [-0.2, -0.15) is 9.97 Å². The number of carbonyl (C=O) groups is 1. The molecule has 3 aromatic rings. The van der Waals surface area contributed by atoms with Gasteiger partial charge in [0.25, 0.3) is 0 Å². The number of likely N-dealkylation sites (N-methyl/N-ethyl adjacent to an activating group) is 1. The Bertz CT molecular complexity index is 1560. The molecule has 0 bridgehead atoms. The minimum Gasteiger partial charge on any atom is -0.462 e. The third-order valence-corrected chi connectivity index (χ3v) is 9.27. The quantitative estimate of drug-likeness (QED) is 0.273. The number of hydrogen-bond acceptors (Lipinski definition) is 7. The van der Waals surface area contributed by atoms with Crippen molar-refractivity contribution in [1.29, 1.82) is 0 Å². The van der Waals surface area contributed by atoms with E-state index in [1.165, 1.54) is 40.9 Å². The molecule has 2 atom stereocenters. The van der Waals surface area contributed by atoms with E-state index in [9.17, 15) is 4.79 Å². The lowest BCUT2D eigenvalue weighted by molar-refractivity contribution is -0.128. The Morgan fingerprint density at radius 2 is 1.98 bits per heavy atom. The van der Waals surface area contributed by atoms with E-state index in [0.717, 1.165) is 30.0 Å². The van der Waals surface area contributed by atoms with E-state index in [-0.39, 0.29) is 24.5 Å². The minimum atomic E-state index is -0.224. The molecular formula is C34H41N7O2. The zero-order valence-corrected chi connectivity index (χ0v) is 25.5. The molecule has 1 saturated heterocycles. The summed E-state index contributed by atoms with van der Waals surface area (Å²) in [5, 5.41) is 2.52. The zero-order chi connectivity index (χ0) is 30.1. The van der Waals surface area contributed by atoms with Crippen molar-refractivity contribution in [3.8, 4) is 6.01 Å². The fraction of sp³-hybridized carbons (Fsp3) is 0.471. The van der Waals surface area contributed by atoms with Gasteiger partial charge in [0.15, 0.2) is 0 Å². The Kier molecular flexibility index (Phi) is 8.22. The normalized spacial score (nSPS) is 19.2. The maximum Gasteiger partial charge on any atom is 0.318 e. The van der Waals surface area contributed by atoms with Gasteiger partial charge in [-0.05, 0) is 63.2 Å². The van der Waals surface area contributed by atoms with Crippen LogP contribution < -0.4 is 14.5 Å². The van der Waals surface area contributed by atoms with Crippen molar-refractivity contribution >= 4 is 28.2 Å². The van der Waals surface area contributed by atoms with E-state index in [4.69, 9.17) is 21.3 Å². The smallest absolute Gasteiger partial charge is 0.318 e. The van der Waals surface area contributed by atoms with Crippen LogP contribution in [-0.4, -0.2) is 90.2 Å². The highest BCUT2D eigenvalue weighted by Crippen LogP contribution is 2.36. The summed E-state index contributed by atoms with van der Waals surface area (Å²) in [6.07, 6.45) is 4.63. The zero-order valence-electron chi connectivity index (χ0n) is 25.5. The number of anilines is 2. The van der Waals surface area contributed by atoms with Gasteiger partial charge < -0.3 is 24.3 Å². The number of aromatic nitrogens is 2. The molecule has 2 aromatic carbocycles. The van der Waals surface area contributed by atoms with Gasteiger partial charge in [0, 0.05) is 54.9 Å². The summed E-state index contributed by atoms with van der Waals surface area (Å²) < 4.78 is 6.31. The van der Waals surface area contributed by atoms with Gasteiger partial charge in [-0.25, -0.2) is 6.57 Å². The van der Waals surface area contributed by atoms with Gasteiger partial charge in [-0.3, -0.25) is 9.69 Å². The van der Waals surface area contributed by atoms with Crippen molar-refractivity contribution < 1.29 is 9.53 Å². The Morgan fingerprint density at radius 3 is 2.72 bits per heavy atom. The number of rotatable bonds is 9. The summed E-state index contributed by atoms with van der Waals surface area (Å²) in [5.41, 5.74) is 4.59. The van der Waals surface area contributed by atoms with Crippen LogP contribution in [0, 0.1) is 13.5 Å². The molecule has 224 valence electrons. The molecule has 3 heterocycles. The van der Waals surface area contributed by atoms with Crippen LogP contribution in [-0.2, 0) is 17.8 Å². The maximum absolute atomic E-state index is 12.6. The molecule has 1 amide bonds. The molecule has 0 N–H and O–H groups in total. The van der Waals surface area contributed by atoms with Crippen LogP contribution in [0.5, 0.6) is 6.01 Å². The summed E-state index contributed by atoms with van der Waals surface area (Å²) in [7, 11) is 2.16. The van der Waals surface area contributed by atoms with Gasteiger partial charge in [0.2, 0.25) is 12.5 Å². The van der Waals surface area contributed by atoms with Crippen LogP contribution in [0.1, 0.15) is 36.6 Å². The second kappa shape index (κ2) is 12.2. The number of nitrogens with zero attached hydrogens (tertiary/aromatic N) is 7. The summed E-state index contributed by atoms with van der Waals surface area (Å²) >= 11 is 0. The van der Waals surface area contributed by atoms with Crippen LogP contribution >= 0.6 is 0 Å². The van der Waals surface area contributed by atoms with Crippen molar-refractivity contribution in [2.45, 2.75) is 57.8 Å². The van der Waals surface area contributed by atoms with Crippen LogP contribution in [0.4, 0.5) is 11.5 Å². The third kappa shape index (κ3) is 5.89. The van der Waals surface area contributed by atoms with E-state index in [1.807, 2.05) is 0 Å². The van der Waals surface area contributed by atoms with Crippen LogP contribution in [0.2, 0.25) is 0 Å². The van der Waals surface area contributed by atoms with Gasteiger partial charge in [-0.1, -0.05) is 36.9 Å². The molecule has 6 rings (SSSR count). The second-order valence-corrected chi connectivity index (χ2v) is 12.1. The molecule has 3 aliphatic rings. The monoisotopic (exact) mass is 579 g/mol. The fourth-order valence-corrected chi connectivity index (χ4v) is 6.56. The average molecular weight is 580 g/mol. The van der Waals surface area contributed by atoms with Crippen molar-refractivity contribution in [3.05, 3.63) is 77.3 Å². The summed E-state index contributed by atoms with van der Waals surface area (Å²) in [5.74, 6) is 0.745. The Balaban J connectivity index is 1.33. The number of amides is 1. The Hall–Kier alpha value is -4.16. The lowest BCUT2D eigenvalue weighted by Gasteiger charge is -2.41. The second-order valence-electron chi connectivity index (χ2n) is 12.1. The number of carbonyl (C=O) groups excluding carboxylic acids is 1. The van der Waals surface area contributed by atoms with Gasteiger partial charge in [0.05, 0.1) is 12.2 Å². The lowest BCUT2D eigenvalue weighted by Crippen LogP contribution is -2.56. The molecule has 1 aliphatic carbocycles. The molecule has 2 fully saturated rings. The van der Waals surface area contributed by atoms with E-state index >= 15 is 0 Å². The molecule has 1 unspecified atom stereocenters. The van der Waals surface area contributed by atoms with Crippen molar-refractivity contribution in [1.82, 2.24) is 19.8 Å². The van der Waals surface area contributed by atoms with E-state index in [1.54, 1.807) is 4.90 Å². The molecule has 1 aromatic heterocycles. The van der Waals surface area contributed by atoms with Crippen LogP contribution in [0.25, 0.3) is 15.6 Å². The molecule has 43 heavy (non-hydrogen) atoms. The predicted octanol–water partition coefficient (Wildman–Crippen LogP) is 4.48. The highest BCUT2D eigenvalue weighted by molar-refractivity contribution is 5.97. The van der Waals surface area contributed by atoms with Crippen molar-refractivity contribution in [3.63, 3.8) is 0 Å². The lowest BCUT2D eigenvalue weighted by atomic mass is 9.99. The molecular weight excluding hydrogens is 538 g/mol. The summed E-state index contributed by atoms with van der Waals surface area (Å²) in [4.78, 5) is 35.0. The number of aryl methyl sites for hydroxylation is 1. The average Bonchev–Trinajstić information content (AvgIpc) is 3.88.